The highest BCUT2D eigenvalue weighted by Crippen LogP contribution is 2.25. The molecule has 22 heavy (non-hydrogen) atoms. The lowest BCUT2D eigenvalue weighted by Crippen LogP contribution is -2.39. The Morgan fingerprint density at radius 3 is 2.68 bits per heavy atom. The number of para-hydroxylation sites is 2. The molecule has 1 heterocycles. The summed E-state index contributed by atoms with van der Waals surface area (Å²) in [6, 6.07) is 7.01. The molecule has 0 unspecified atom stereocenters. The number of nitrogens with zero attached hydrogens (tertiary/aromatic N) is 1. The molecule has 1 saturated heterocycles. The van der Waals surface area contributed by atoms with Crippen molar-refractivity contribution < 1.29 is 23.9 Å². The molecule has 1 N–H and O–H groups in total. The SMILES string of the molecule is COc1ccccc1OCC(=O)NCCN1C(=O)CSC1=O. The summed E-state index contributed by atoms with van der Waals surface area (Å²) in [5.74, 6) is 0.623. The van der Waals surface area contributed by atoms with E-state index >= 15 is 0 Å². The van der Waals surface area contributed by atoms with Gasteiger partial charge in [-0.15, -0.1) is 0 Å². The number of methoxy groups -OCH3 is 1. The van der Waals surface area contributed by atoms with E-state index in [9.17, 15) is 14.4 Å². The van der Waals surface area contributed by atoms with E-state index < -0.39 is 0 Å². The van der Waals surface area contributed by atoms with Gasteiger partial charge in [0.25, 0.3) is 11.1 Å². The van der Waals surface area contributed by atoms with Gasteiger partial charge in [0.05, 0.1) is 12.9 Å². The lowest BCUT2D eigenvalue weighted by atomic mass is 10.3. The average molecular weight is 324 g/mol. The third-order valence-electron chi connectivity index (χ3n) is 2.93. The van der Waals surface area contributed by atoms with Crippen LogP contribution < -0.4 is 14.8 Å². The predicted molar refractivity (Wildman–Crippen MR) is 81.1 cm³/mol. The molecule has 2 rings (SSSR count). The van der Waals surface area contributed by atoms with Crippen LogP contribution >= 0.6 is 11.8 Å². The summed E-state index contributed by atoms with van der Waals surface area (Å²) < 4.78 is 10.5. The number of thioether (sulfide) groups is 1. The fourth-order valence-corrected chi connectivity index (χ4v) is 2.59. The number of hydrogen-bond donors (Lipinski definition) is 1. The third-order valence-corrected chi connectivity index (χ3v) is 3.78. The summed E-state index contributed by atoms with van der Waals surface area (Å²) in [6.45, 7) is 0.203. The van der Waals surface area contributed by atoms with Crippen molar-refractivity contribution in [1.82, 2.24) is 10.2 Å². The Hall–Kier alpha value is -2.22. The molecule has 8 heteroatoms. The van der Waals surface area contributed by atoms with Gasteiger partial charge >= 0.3 is 0 Å². The number of imide groups is 1. The fourth-order valence-electron chi connectivity index (χ4n) is 1.84. The van der Waals surface area contributed by atoms with Gasteiger partial charge in [0.2, 0.25) is 5.91 Å². The molecule has 1 aromatic rings. The second-order valence-corrected chi connectivity index (χ2v) is 5.32. The lowest BCUT2D eigenvalue weighted by molar-refractivity contribution is -0.126. The van der Waals surface area contributed by atoms with E-state index in [4.69, 9.17) is 9.47 Å². The van der Waals surface area contributed by atoms with Crippen molar-refractivity contribution in [2.75, 3.05) is 32.6 Å². The van der Waals surface area contributed by atoms with Crippen LogP contribution in [0.4, 0.5) is 4.79 Å². The Bertz CT molecular complexity index is 562. The number of hydrogen-bond acceptors (Lipinski definition) is 6. The molecule has 7 nitrogen and oxygen atoms in total. The van der Waals surface area contributed by atoms with Crippen LogP contribution in [-0.2, 0) is 9.59 Å². The van der Waals surface area contributed by atoms with Crippen molar-refractivity contribution in [2.24, 2.45) is 0 Å². The van der Waals surface area contributed by atoms with Gasteiger partial charge in [0.15, 0.2) is 18.1 Å². The molecular weight excluding hydrogens is 308 g/mol. The van der Waals surface area contributed by atoms with Crippen molar-refractivity contribution in [1.29, 1.82) is 0 Å². The molecule has 1 aliphatic heterocycles. The summed E-state index contributed by atoms with van der Waals surface area (Å²) in [7, 11) is 1.52. The minimum Gasteiger partial charge on any atom is -0.493 e. The zero-order valence-electron chi connectivity index (χ0n) is 12.0. The number of rotatable bonds is 7. The zero-order valence-corrected chi connectivity index (χ0v) is 12.9. The first-order valence-corrected chi connectivity index (χ1v) is 7.60. The van der Waals surface area contributed by atoms with Crippen LogP contribution in [0.5, 0.6) is 11.5 Å². The molecular formula is C14H16N2O5S. The summed E-state index contributed by atoms with van der Waals surface area (Å²) in [4.78, 5) is 35.5. The molecule has 1 aliphatic rings. The first kappa shape index (κ1) is 16.2. The number of carbonyl (C=O) groups is 3. The van der Waals surface area contributed by atoms with Crippen LogP contribution in [0.1, 0.15) is 0 Å². The lowest BCUT2D eigenvalue weighted by Gasteiger charge is -2.13. The number of amides is 3. The Morgan fingerprint density at radius 1 is 1.32 bits per heavy atom. The van der Waals surface area contributed by atoms with Crippen LogP contribution in [0, 0.1) is 0 Å². The average Bonchev–Trinajstić information content (AvgIpc) is 2.85. The van der Waals surface area contributed by atoms with Crippen LogP contribution in [0.15, 0.2) is 24.3 Å². The Kier molecular flexibility index (Phi) is 5.65. The van der Waals surface area contributed by atoms with Gasteiger partial charge in [0, 0.05) is 13.1 Å². The topological polar surface area (TPSA) is 84.9 Å². The third kappa shape index (κ3) is 4.14. The Morgan fingerprint density at radius 2 is 2.05 bits per heavy atom. The first-order valence-electron chi connectivity index (χ1n) is 6.61. The quantitative estimate of drug-likeness (QED) is 0.802. The highest BCUT2D eigenvalue weighted by atomic mass is 32.2. The van der Waals surface area contributed by atoms with E-state index in [-0.39, 0.29) is 42.5 Å². The Balaban J connectivity index is 1.72. The molecule has 0 spiro atoms. The second kappa shape index (κ2) is 7.69. The molecule has 1 fully saturated rings. The van der Waals surface area contributed by atoms with Gasteiger partial charge < -0.3 is 14.8 Å². The van der Waals surface area contributed by atoms with Crippen molar-refractivity contribution in [3.05, 3.63) is 24.3 Å². The molecule has 0 saturated carbocycles. The van der Waals surface area contributed by atoms with Crippen molar-refractivity contribution in [3.8, 4) is 11.5 Å². The van der Waals surface area contributed by atoms with E-state index in [2.05, 4.69) is 5.32 Å². The number of nitrogens with one attached hydrogen (secondary N) is 1. The number of benzene rings is 1. The number of carbonyl (C=O) groups excluding carboxylic acids is 3. The smallest absolute Gasteiger partial charge is 0.288 e. The van der Waals surface area contributed by atoms with Crippen molar-refractivity contribution in [2.45, 2.75) is 0 Å². The summed E-state index contributed by atoms with van der Waals surface area (Å²) in [5.41, 5.74) is 0. The summed E-state index contributed by atoms with van der Waals surface area (Å²) >= 11 is 0.970. The molecule has 1 aromatic carbocycles. The molecule has 0 aromatic heterocycles. The molecule has 0 aliphatic carbocycles. The minimum atomic E-state index is -0.336. The summed E-state index contributed by atoms with van der Waals surface area (Å²) in [6.07, 6.45) is 0. The van der Waals surface area contributed by atoms with Gasteiger partial charge in [0.1, 0.15) is 0 Å². The van der Waals surface area contributed by atoms with Crippen LogP contribution in [0.2, 0.25) is 0 Å². The second-order valence-electron chi connectivity index (χ2n) is 4.39. The van der Waals surface area contributed by atoms with E-state index in [1.54, 1.807) is 24.3 Å². The number of ether oxygens (including phenoxy) is 2. The van der Waals surface area contributed by atoms with Crippen LogP contribution in [0.3, 0.4) is 0 Å². The maximum atomic E-state index is 11.7. The van der Waals surface area contributed by atoms with E-state index in [0.717, 1.165) is 16.7 Å². The standard InChI is InChI=1S/C14H16N2O5S/c1-20-10-4-2-3-5-11(10)21-8-12(17)15-6-7-16-13(18)9-22-14(16)19/h2-5H,6-9H2,1H3,(H,15,17). The minimum absolute atomic E-state index is 0.170. The maximum Gasteiger partial charge on any atom is 0.288 e. The largest absolute Gasteiger partial charge is 0.493 e. The highest BCUT2D eigenvalue weighted by Gasteiger charge is 2.29. The summed E-state index contributed by atoms with van der Waals surface area (Å²) in [5, 5.41) is 2.32. The molecule has 0 atom stereocenters. The van der Waals surface area contributed by atoms with Crippen molar-refractivity contribution >= 4 is 28.8 Å². The normalized spacial score (nSPS) is 14.1. The van der Waals surface area contributed by atoms with Gasteiger partial charge in [-0.1, -0.05) is 23.9 Å². The van der Waals surface area contributed by atoms with Gasteiger partial charge in [-0.2, -0.15) is 0 Å². The van der Waals surface area contributed by atoms with Crippen LogP contribution in [-0.4, -0.2) is 54.5 Å². The van der Waals surface area contributed by atoms with E-state index in [1.807, 2.05) is 0 Å². The van der Waals surface area contributed by atoms with Gasteiger partial charge in [-0.3, -0.25) is 19.3 Å². The monoisotopic (exact) mass is 324 g/mol. The van der Waals surface area contributed by atoms with E-state index in [0.29, 0.717) is 11.5 Å². The van der Waals surface area contributed by atoms with Crippen molar-refractivity contribution in [3.63, 3.8) is 0 Å². The van der Waals surface area contributed by atoms with Gasteiger partial charge in [-0.25, -0.2) is 0 Å². The maximum absolute atomic E-state index is 11.7. The Labute approximate surface area is 131 Å². The molecule has 0 bridgehead atoms. The fraction of sp³-hybridized carbons (Fsp3) is 0.357. The van der Waals surface area contributed by atoms with Gasteiger partial charge in [-0.05, 0) is 12.1 Å². The molecule has 3 amide bonds. The first-order chi connectivity index (χ1) is 10.6. The zero-order chi connectivity index (χ0) is 15.9. The molecule has 118 valence electrons. The van der Waals surface area contributed by atoms with Crippen LogP contribution in [0.25, 0.3) is 0 Å². The predicted octanol–water partition coefficient (Wildman–Crippen LogP) is 0.886. The van der Waals surface area contributed by atoms with E-state index in [1.165, 1.54) is 7.11 Å². The molecule has 0 radical (unpaired) electrons. The highest BCUT2D eigenvalue weighted by molar-refractivity contribution is 8.14.